The molecular weight excluding hydrogens is 528 g/mol. The highest BCUT2D eigenvalue weighted by atomic mass is 16.7. The van der Waals surface area contributed by atoms with Crippen molar-refractivity contribution in [2.24, 2.45) is 17.1 Å². The van der Waals surface area contributed by atoms with Gasteiger partial charge in [0.15, 0.2) is 11.5 Å². The second kappa shape index (κ2) is 13.3. The van der Waals surface area contributed by atoms with E-state index in [1.54, 1.807) is 7.11 Å². The normalized spacial score (nSPS) is 23.3. The fraction of sp³-hybridized carbons (Fsp3) is 0.700. The average molecular weight is 575 g/mol. The molecule has 2 amide bonds. The zero-order chi connectivity index (χ0) is 29.7. The van der Waals surface area contributed by atoms with Crippen LogP contribution in [0.1, 0.15) is 64.4 Å². The summed E-state index contributed by atoms with van der Waals surface area (Å²) in [6.07, 6.45) is 3.80. The molecule has 228 valence electrons. The molecule has 0 unspecified atom stereocenters. The third-order valence-corrected chi connectivity index (χ3v) is 8.81. The van der Waals surface area contributed by atoms with Gasteiger partial charge in [0.25, 0.3) is 0 Å². The summed E-state index contributed by atoms with van der Waals surface area (Å²) in [4.78, 5) is 45.1. The Balaban J connectivity index is 1.63. The van der Waals surface area contributed by atoms with Gasteiger partial charge in [-0.2, -0.15) is 0 Å². The van der Waals surface area contributed by atoms with Crippen molar-refractivity contribution in [2.75, 3.05) is 59.7 Å². The Morgan fingerprint density at radius 3 is 2.61 bits per heavy atom. The zero-order valence-electron chi connectivity index (χ0n) is 24.9. The molecule has 1 aromatic rings. The second-order valence-corrected chi connectivity index (χ2v) is 12.0. The predicted octanol–water partition coefficient (Wildman–Crippen LogP) is 2.52. The monoisotopic (exact) mass is 574 g/mol. The standard InChI is InChI=1S/C30H46N4O7/c1-5-6-11-32(12-7-10-31)25(35)18-34-17-21(20-15-23(39-4)27-24(16-20)40-19-41-27)26(28(36)37)22(34)8-13-33-14-9-30(2,3)29(33)38/h15-16,21-22,26H,5-14,17-19,31H2,1-4H3,(H,36,37)/t21-,22+,26-/m1/s1. The topological polar surface area (TPSA) is 135 Å². The number of aliphatic carboxylic acids is 1. The highest BCUT2D eigenvalue weighted by Crippen LogP contribution is 2.47. The Labute approximate surface area is 242 Å². The molecule has 4 rings (SSSR count). The summed E-state index contributed by atoms with van der Waals surface area (Å²) in [5.74, 6) is -0.538. The van der Waals surface area contributed by atoms with Crippen LogP contribution in [0, 0.1) is 11.3 Å². The van der Waals surface area contributed by atoms with Gasteiger partial charge in [-0.15, -0.1) is 0 Å². The molecule has 0 radical (unpaired) electrons. The molecule has 3 atom stereocenters. The third-order valence-electron chi connectivity index (χ3n) is 8.81. The lowest BCUT2D eigenvalue weighted by Gasteiger charge is -2.31. The van der Waals surface area contributed by atoms with Crippen molar-refractivity contribution in [3.05, 3.63) is 17.7 Å². The fourth-order valence-corrected chi connectivity index (χ4v) is 6.37. The summed E-state index contributed by atoms with van der Waals surface area (Å²) >= 11 is 0. The number of rotatable bonds is 14. The van der Waals surface area contributed by atoms with Crippen LogP contribution in [0.15, 0.2) is 12.1 Å². The lowest BCUT2D eigenvalue weighted by Crippen LogP contribution is -2.46. The minimum atomic E-state index is -0.925. The smallest absolute Gasteiger partial charge is 0.308 e. The van der Waals surface area contributed by atoms with Gasteiger partial charge < -0.3 is 34.9 Å². The second-order valence-electron chi connectivity index (χ2n) is 12.0. The molecule has 0 bridgehead atoms. The van der Waals surface area contributed by atoms with Crippen molar-refractivity contribution < 1.29 is 33.7 Å². The lowest BCUT2D eigenvalue weighted by molar-refractivity contribution is -0.144. The van der Waals surface area contributed by atoms with Crippen LogP contribution in [0.3, 0.4) is 0 Å². The highest BCUT2D eigenvalue weighted by molar-refractivity contribution is 5.84. The van der Waals surface area contributed by atoms with E-state index in [0.29, 0.717) is 69.4 Å². The minimum absolute atomic E-state index is 0.0247. The van der Waals surface area contributed by atoms with Crippen molar-refractivity contribution in [1.29, 1.82) is 0 Å². The number of methoxy groups -OCH3 is 1. The van der Waals surface area contributed by atoms with Crippen LogP contribution in [-0.4, -0.2) is 103 Å². The maximum Gasteiger partial charge on any atom is 0.308 e. The number of benzene rings is 1. The van der Waals surface area contributed by atoms with Crippen molar-refractivity contribution in [2.45, 2.75) is 64.8 Å². The summed E-state index contributed by atoms with van der Waals surface area (Å²) in [5, 5.41) is 10.6. The zero-order valence-corrected chi connectivity index (χ0v) is 24.9. The van der Waals surface area contributed by atoms with Crippen LogP contribution in [0.25, 0.3) is 0 Å². The number of carboxylic acid groups (broad SMARTS) is 1. The van der Waals surface area contributed by atoms with E-state index in [-0.39, 0.29) is 25.2 Å². The number of nitrogens with two attached hydrogens (primary N) is 1. The van der Waals surface area contributed by atoms with E-state index in [1.165, 1.54) is 0 Å². The average Bonchev–Trinajstić information content (AvgIpc) is 3.63. The molecule has 11 nitrogen and oxygen atoms in total. The van der Waals surface area contributed by atoms with E-state index < -0.39 is 29.3 Å². The molecule has 0 spiro atoms. The summed E-state index contributed by atoms with van der Waals surface area (Å²) in [6, 6.07) is 3.21. The first-order chi connectivity index (χ1) is 19.6. The predicted molar refractivity (Wildman–Crippen MR) is 153 cm³/mol. The quantitative estimate of drug-likeness (QED) is 0.344. The maximum atomic E-state index is 13.6. The summed E-state index contributed by atoms with van der Waals surface area (Å²) in [5.41, 5.74) is 6.10. The Morgan fingerprint density at radius 2 is 1.98 bits per heavy atom. The van der Waals surface area contributed by atoms with Crippen molar-refractivity contribution in [3.63, 3.8) is 0 Å². The molecular formula is C30H46N4O7. The molecule has 11 heteroatoms. The van der Waals surface area contributed by atoms with Crippen LogP contribution in [0.5, 0.6) is 17.2 Å². The Hall–Kier alpha value is -3.05. The van der Waals surface area contributed by atoms with Crippen molar-refractivity contribution in [1.82, 2.24) is 14.7 Å². The minimum Gasteiger partial charge on any atom is -0.493 e. The Kier molecular flexibility index (Phi) is 10.0. The van der Waals surface area contributed by atoms with E-state index in [0.717, 1.165) is 24.8 Å². The maximum absolute atomic E-state index is 13.6. The van der Waals surface area contributed by atoms with E-state index in [2.05, 4.69) is 6.92 Å². The first-order valence-electron chi connectivity index (χ1n) is 14.8. The van der Waals surface area contributed by atoms with E-state index in [4.69, 9.17) is 19.9 Å². The molecule has 0 saturated carbocycles. The SMILES string of the molecule is CCCCN(CCCN)C(=O)CN1C[C@H](c2cc(OC)c3c(c2)OCO3)[C@@H](C(=O)O)[C@@H]1CCN1CCC(C)(C)C1=O. The van der Waals surface area contributed by atoms with Gasteiger partial charge >= 0.3 is 5.97 Å². The number of nitrogens with zero attached hydrogens (tertiary/aromatic N) is 3. The van der Waals surface area contributed by atoms with Gasteiger partial charge in [0.2, 0.25) is 24.4 Å². The molecule has 3 N–H and O–H groups in total. The highest BCUT2D eigenvalue weighted by Gasteiger charge is 2.48. The van der Waals surface area contributed by atoms with Crippen LogP contribution in [0.4, 0.5) is 0 Å². The fourth-order valence-electron chi connectivity index (χ4n) is 6.37. The van der Waals surface area contributed by atoms with Crippen molar-refractivity contribution in [3.8, 4) is 17.2 Å². The van der Waals surface area contributed by atoms with Gasteiger partial charge in [0, 0.05) is 50.1 Å². The number of likely N-dealkylation sites (tertiary alicyclic amines) is 2. The number of carboxylic acids is 1. The number of hydrogen-bond donors (Lipinski definition) is 2. The molecule has 2 saturated heterocycles. The Bertz CT molecular complexity index is 1100. The van der Waals surface area contributed by atoms with Crippen molar-refractivity contribution >= 4 is 17.8 Å². The first kappa shape index (κ1) is 30.9. The van der Waals surface area contributed by atoms with Crippen LogP contribution >= 0.6 is 0 Å². The summed E-state index contributed by atoms with van der Waals surface area (Å²) in [7, 11) is 1.54. The number of hydrogen-bond acceptors (Lipinski definition) is 8. The molecule has 2 fully saturated rings. The van der Waals surface area contributed by atoms with E-state index in [1.807, 2.05) is 40.7 Å². The summed E-state index contributed by atoms with van der Waals surface area (Å²) < 4.78 is 16.7. The number of amides is 2. The van der Waals surface area contributed by atoms with Gasteiger partial charge in [-0.3, -0.25) is 19.3 Å². The van der Waals surface area contributed by atoms with Gasteiger partial charge in [0.05, 0.1) is 19.6 Å². The van der Waals surface area contributed by atoms with Crippen LogP contribution in [0.2, 0.25) is 0 Å². The molecule has 1 aromatic carbocycles. The third kappa shape index (κ3) is 6.72. The summed E-state index contributed by atoms with van der Waals surface area (Å²) in [6.45, 7) is 9.38. The molecule has 0 aromatic heterocycles. The number of ether oxygens (including phenoxy) is 3. The van der Waals surface area contributed by atoms with E-state index >= 15 is 0 Å². The molecule has 41 heavy (non-hydrogen) atoms. The lowest BCUT2D eigenvalue weighted by atomic mass is 9.84. The van der Waals surface area contributed by atoms with Gasteiger partial charge in [-0.25, -0.2) is 0 Å². The van der Waals surface area contributed by atoms with Gasteiger partial charge in [-0.05, 0) is 49.9 Å². The number of carbonyl (C=O) groups excluding carboxylic acids is 2. The number of fused-ring (bicyclic) bond motifs is 1. The first-order valence-corrected chi connectivity index (χ1v) is 14.8. The molecule has 0 aliphatic carbocycles. The van der Waals surface area contributed by atoms with Crippen LogP contribution < -0.4 is 19.9 Å². The van der Waals surface area contributed by atoms with Gasteiger partial charge in [-0.1, -0.05) is 27.2 Å². The largest absolute Gasteiger partial charge is 0.493 e. The molecule has 3 aliphatic rings. The Morgan fingerprint density at radius 1 is 1.22 bits per heavy atom. The molecule has 3 aliphatic heterocycles. The van der Waals surface area contributed by atoms with Gasteiger partial charge in [0.1, 0.15) is 0 Å². The number of carbonyl (C=O) groups is 3. The molecule has 3 heterocycles. The van der Waals surface area contributed by atoms with E-state index in [9.17, 15) is 19.5 Å². The van der Waals surface area contributed by atoms with Crippen LogP contribution in [-0.2, 0) is 14.4 Å². The number of unbranched alkanes of at least 4 members (excludes halogenated alkanes) is 1.